The summed E-state index contributed by atoms with van der Waals surface area (Å²) >= 11 is 0. The molecule has 1 aromatic heterocycles. The highest BCUT2D eigenvalue weighted by Crippen LogP contribution is 2.36. The molecule has 0 radical (unpaired) electrons. The lowest BCUT2D eigenvalue weighted by Gasteiger charge is -2.36. The third-order valence-corrected chi connectivity index (χ3v) is 4.02. The molecule has 0 amide bonds. The van der Waals surface area contributed by atoms with Gasteiger partial charge in [-0.15, -0.1) is 0 Å². The van der Waals surface area contributed by atoms with Crippen molar-refractivity contribution in [1.82, 2.24) is 15.1 Å². The van der Waals surface area contributed by atoms with Crippen molar-refractivity contribution >= 4 is 0 Å². The van der Waals surface area contributed by atoms with Crippen LogP contribution < -0.4 is 5.32 Å². The van der Waals surface area contributed by atoms with Crippen LogP contribution in [0.3, 0.4) is 0 Å². The van der Waals surface area contributed by atoms with E-state index in [4.69, 9.17) is 4.74 Å². The molecule has 4 heteroatoms. The van der Waals surface area contributed by atoms with Gasteiger partial charge < -0.3 is 10.1 Å². The molecule has 1 heterocycles. The van der Waals surface area contributed by atoms with E-state index in [-0.39, 0.29) is 0 Å². The minimum Gasteiger partial charge on any atom is -0.378 e. The Labute approximate surface area is 116 Å². The predicted molar refractivity (Wildman–Crippen MR) is 77.1 cm³/mol. The quantitative estimate of drug-likeness (QED) is 0.785. The second kappa shape index (κ2) is 7.06. The Balaban J connectivity index is 1.83. The average Bonchev–Trinajstić information content (AvgIpc) is 2.81. The number of ether oxygens (including phenoxy) is 1. The minimum atomic E-state index is 0.429. The first kappa shape index (κ1) is 14.5. The van der Waals surface area contributed by atoms with E-state index < -0.39 is 0 Å². The second-order valence-corrected chi connectivity index (χ2v) is 5.53. The number of aromatic nitrogens is 2. The Hall–Kier alpha value is -0.870. The lowest BCUT2D eigenvalue weighted by molar-refractivity contribution is -0.0289. The van der Waals surface area contributed by atoms with Gasteiger partial charge in [0.15, 0.2) is 0 Å². The van der Waals surface area contributed by atoms with Crippen molar-refractivity contribution in [3.05, 3.63) is 18.0 Å². The molecular weight excluding hydrogens is 238 g/mol. The van der Waals surface area contributed by atoms with Crippen LogP contribution in [0.5, 0.6) is 0 Å². The maximum atomic E-state index is 5.63. The maximum Gasteiger partial charge on any atom is 0.0580 e. The fraction of sp³-hybridized carbons (Fsp3) is 0.800. The van der Waals surface area contributed by atoms with Crippen LogP contribution in [0.15, 0.2) is 12.4 Å². The normalized spacial score (nSPS) is 24.2. The SMILES string of the molecule is CCCn1cc(C(CC2CC(OCC)C2)NC)cn1. The van der Waals surface area contributed by atoms with Gasteiger partial charge in [0.05, 0.1) is 12.3 Å². The minimum absolute atomic E-state index is 0.429. The molecule has 0 saturated heterocycles. The fourth-order valence-electron chi connectivity index (χ4n) is 2.90. The summed E-state index contributed by atoms with van der Waals surface area (Å²) < 4.78 is 7.67. The third kappa shape index (κ3) is 3.80. The van der Waals surface area contributed by atoms with E-state index in [0.717, 1.165) is 25.5 Å². The van der Waals surface area contributed by atoms with E-state index in [1.807, 2.05) is 17.9 Å². The largest absolute Gasteiger partial charge is 0.378 e. The number of hydrogen-bond donors (Lipinski definition) is 1. The molecule has 1 aliphatic rings. The highest BCUT2D eigenvalue weighted by Gasteiger charge is 2.31. The van der Waals surface area contributed by atoms with Gasteiger partial charge in [0.2, 0.25) is 0 Å². The number of rotatable bonds is 8. The molecule has 0 spiro atoms. The summed E-state index contributed by atoms with van der Waals surface area (Å²) in [4.78, 5) is 0. The molecule has 1 unspecified atom stereocenters. The number of aryl methyl sites for hydroxylation is 1. The fourth-order valence-corrected chi connectivity index (χ4v) is 2.90. The first-order chi connectivity index (χ1) is 9.26. The Kier molecular flexibility index (Phi) is 5.40. The van der Waals surface area contributed by atoms with Crippen LogP contribution in [0, 0.1) is 5.92 Å². The first-order valence-electron chi connectivity index (χ1n) is 7.58. The summed E-state index contributed by atoms with van der Waals surface area (Å²) in [7, 11) is 2.04. The Morgan fingerprint density at radius 1 is 1.47 bits per heavy atom. The van der Waals surface area contributed by atoms with Gasteiger partial charge in [-0.25, -0.2) is 0 Å². The molecule has 0 aromatic carbocycles. The molecule has 1 saturated carbocycles. The van der Waals surface area contributed by atoms with Crippen molar-refractivity contribution in [2.24, 2.45) is 5.92 Å². The van der Waals surface area contributed by atoms with Crippen LogP contribution in [-0.2, 0) is 11.3 Å². The molecule has 0 bridgehead atoms. The van der Waals surface area contributed by atoms with Gasteiger partial charge in [-0.3, -0.25) is 4.68 Å². The lowest BCUT2D eigenvalue weighted by atomic mass is 9.77. The molecular formula is C15H27N3O. The van der Waals surface area contributed by atoms with Crippen molar-refractivity contribution in [3.63, 3.8) is 0 Å². The predicted octanol–water partition coefficient (Wildman–Crippen LogP) is 2.76. The molecule has 1 aliphatic carbocycles. The van der Waals surface area contributed by atoms with E-state index in [2.05, 4.69) is 30.5 Å². The first-order valence-corrected chi connectivity index (χ1v) is 7.58. The van der Waals surface area contributed by atoms with Crippen LogP contribution in [0.1, 0.15) is 51.1 Å². The van der Waals surface area contributed by atoms with Crippen molar-refractivity contribution in [2.45, 2.75) is 58.2 Å². The monoisotopic (exact) mass is 265 g/mol. The number of nitrogens with one attached hydrogen (secondary N) is 1. The van der Waals surface area contributed by atoms with Gasteiger partial charge in [-0.1, -0.05) is 6.92 Å². The molecule has 1 fully saturated rings. The summed E-state index contributed by atoms with van der Waals surface area (Å²) in [5, 5.41) is 7.85. The topological polar surface area (TPSA) is 39.1 Å². The zero-order chi connectivity index (χ0) is 13.7. The maximum absolute atomic E-state index is 5.63. The van der Waals surface area contributed by atoms with Gasteiger partial charge in [0.1, 0.15) is 0 Å². The van der Waals surface area contributed by atoms with E-state index in [1.54, 1.807) is 0 Å². The van der Waals surface area contributed by atoms with Crippen molar-refractivity contribution in [2.75, 3.05) is 13.7 Å². The van der Waals surface area contributed by atoms with Crippen LogP contribution in [0.4, 0.5) is 0 Å². The Morgan fingerprint density at radius 2 is 2.26 bits per heavy atom. The van der Waals surface area contributed by atoms with E-state index in [0.29, 0.717) is 12.1 Å². The summed E-state index contributed by atoms with van der Waals surface area (Å²) in [6.07, 6.45) is 9.46. The summed E-state index contributed by atoms with van der Waals surface area (Å²) in [5.41, 5.74) is 1.32. The highest BCUT2D eigenvalue weighted by molar-refractivity contribution is 5.11. The molecule has 4 nitrogen and oxygen atoms in total. The molecule has 1 N–H and O–H groups in total. The smallest absolute Gasteiger partial charge is 0.0580 e. The van der Waals surface area contributed by atoms with Crippen molar-refractivity contribution in [1.29, 1.82) is 0 Å². The molecule has 0 aliphatic heterocycles. The van der Waals surface area contributed by atoms with E-state index >= 15 is 0 Å². The molecule has 1 atom stereocenters. The van der Waals surface area contributed by atoms with Crippen LogP contribution in [0.25, 0.3) is 0 Å². The lowest BCUT2D eigenvalue weighted by Crippen LogP contribution is -2.34. The third-order valence-electron chi connectivity index (χ3n) is 4.02. The molecule has 1 aromatic rings. The number of nitrogens with zero attached hydrogens (tertiary/aromatic N) is 2. The van der Waals surface area contributed by atoms with Crippen molar-refractivity contribution < 1.29 is 4.74 Å². The van der Waals surface area contributed by atoms with Gasteiger partial charge in [-0.05, 0) is 45.6 Å². The average molecular weight is 265 g/mol. The molecule has 19 heavy (non-hydrogen) atoms. The second-order valence-electron chi connectivity index (χ2n) is 5.53. The molecule has 108 valence electrons. The Bertz CT molecular complexity index is 371. The van der Waals surface area contributed by atoms with Gasteiger partial charge >= 0.3 is 0 Å². The standard InChI is InChI=1S/C15H27N3O/c1-4-6-18-11-13(10-17-18)15(16-3)9-12-7-14(8-12)19-5-2/h10-12,14-16H,4-9H2,1-3H3. The zero-order valence-corrected chi connectivity index (χ0v) is 12.4. The summed E-state index contributed by atoms with van der Waals surface area (Å²) in [6, 6.07) is 0.429. The van der Waals surface area contributed by atoms with Crippen LogP contribution >= 0.6 is 0 Å². The molecule has 2 rings (SSSR count). The van der Waals surface area contributed by atoms with Gasteiger partial charge in [0, 0.05) is 31.0 Å². The van der Waals surface area contributed by atoms with Crippen molar-refractivity contribution in [3.8, 4) is 0 Å². The summed E-state index contributed by atoms with van der Waals surface area (Å²) in [5.74, 6) is 0.795. The Morgan fingerprint density at radius 3 is 2.89 bits per heavy atom. The van der Waals surface area contributed by atoms with Gasteiger partial charge in [0.25, 0.3) is 0 Å². The van der Waals surface area contributed by atoms with E-state index in [9.17, 15) is 0 Å². The van der Waals surface area contributed by atoms with Crippen LogP contribution in [0.2, 0.25) is 0 Å². The number of hydrogen-bond acceptors (Lipinski definition) is 3. The summed E-state index contributed by atoms with van der Waals surface area (Å²) in [6.45, 7) is 6.11. The van der Waals surface area contributed by atoms with Crippen LogP contribution in [-0.4, -0.2) is 29.5 Å². The zero-order valence-electron chi connectivity index (χ0n) is 12.4. The van der Waals surface area contributed by atoms with Gasteiger partial charge in [-0.2, -0.15) is 5.10 Å². The van der Waals surface area contributed by atoms with E-state index in [1.165, 1.54) is 24.8 Å². The highest BCUT2D eigenvalue weighted by atomic mass is 16.5.